The average Bonchev–Trinajstić information content (AvgIpc) is 3.05. The van der Waals surface area contributed by atoms with Gasteiger partial charge in [0.1, 0.15) is 0 Å². The van der Waals surface area contributed by atoms with Gasteiger partial charge in [0.15, 0.2) is 5.82 Å². The Kier molecular flexibility index (Phi) is 7.14. The Hall–Kier alpha value is -1.51. The van der Waals surface area contributed by atoms with E-state index in [1.165, 1.54) is 0 Å². The molecule has 0 saturated carbocycles. The van der Waals surface area contributed by atoms with E-state index in [9.17, 15) is 4.79 Å². The Balaban J connectivity index is 1.76. The molecule has 1 N–H and O–H groups in total. The molecule has 8 nitrogen and oxygen atoms in total. The molecule has 1 fully saturated rings. The van der Waals surface area contributed by atoms with E-state index >= 15 is 0 Å². The molecule has 2 rings (SSSR count). The lowest BCUT2D eigenvalue weighted by molar-refractivity contribution is -0.122. The third-order valence-electron chi connectivity index (χ3n) is 4.28. The highest BCUT2D eigenvalue weighted by molar-refractivity contribution is 5.77. The summed E-state index contributed by atoms with van der Waals surface area (Å²) < 4.78 is 10.3. The lowest BCUT2D eigenvalue weighted by Crippen LogP contribution is -2.50. The summed E-state index contributed by atoms with van der Waals surface area (Å²) in [4.78, 5) is 20.8. The Morgan fingerprint density at radius 2 is 2.00 bits per heavy atom. The number of carbonyl (C=O) groups excluding carboxylic acids is 1. The average molecular weight is 339 g/mol. The highest BCUT2D eigenvalue weighted by Crippen LogP contribution is 2.21. The second-order valence-electron chi connectivity index (χ2n) is 6.48. The number of aromatic nitrogens is 2. The first-order valence-electron chi connectivity index (χ1n) is 8.56. The maximum atomic E-state index is 11.8. The number of amides is 1. The Labute approximate surface area is 143 Å². The van der Waals surface area contributed by atoms with Crippen LogP contribution in [0.3, 0.4) is 0 Å². The van der Waals surface area contributed by atoms with Crippen LogP contribution in [-0.4, -0.2) is 78.8 Å². The molecule has 1 atom stereocenters. The van der Waals surface area contributed by atoms with Crippen LogP contribution in [0.15, 0.2) is 4.52 Å². The Bertz CT molecular complexity index is 512. The summed E-state index contributed by atoms with van der Waals surface area (Å²) in [6.07, 6.45) is 0. The van der Waals surface area contributed by atoms with Crippen molar-refractivity contribution in [1.82, 2.24) is 25.3 Å². The number of ether oxygens (including phenoxy) is 1. The highest BCUT2D eigenvalue weighted by Gasteiger charge is 2.26. The van der Waals surface area contributed by atoms with Gasteiger partial charge in [0, 0.05) is 45.8 Å². The van der Waals surface area contributed by atoms with Crippen LogP contribution in [0, 0.1) is 0 Å². The first kappa shape index (κ1) is 18.8. The molecule has 1 saturated heterocycles. The zero-order valence-corrected chi connectivity index (χ0v) is 15.1. The molecule has 2 heterocycles. The molecule has 1 aliphatic heterocycles. The van der Waals surface area contributed by atoms with Crippen LogP contribution in [0.2, 0.25) is 0 Å². The minimum atomic E-state index is 0.0482. The van der Waals surface area contributed by atoms with Gasteiger partial charge in [0.25, 0.3) is 0 Å². The van der Waals surface area contributed by atoms with Gasteiger partial charge in [-0.25, -0.2) is 0 Å². The maximum Gasteiger partial charge on any atom is 0.243 e. The van der Waals surface area contributed by atoms with Gasteiger partial charge in [0.05, 0.1) is 19.2 Å². The van der Waals surface area contributed by atoms with Gasteiger partial charge in [-0.1, -0.05) is 19.0 Å². The van der Waals surface area contributed by atoms with E-state index in [0.717, 1.165) is 32.0 Å². The minimum Gasteiger partial charge on any atom is -0.383 e. The van der Waals surface area contributed by atoms with Crippen molar-refractivity contribution in [2.45, 2.75) is 32.7 Å². The second-order valence-corrected chi connectivity index (χ2v) is 6.48. The van der Waals surface area contributed by atoms with Crippen molar-refractivity contribution in [1.29, 1.82) is 0 Å². The summed E-state index contributed by atoms with van der Waals surface area (Å²) in [6, 6.07) is 0.0997. The number of rotatable bonds is 8. The maximum absolute atomic E-state index is 11.8. The van der Waals surface area contributed by atoms with E-state index in [4.69, 9.17) is 9.26 Å². The Morgan fingerprint density at radius 1 is 1.29 bits per heavy atom. The number of piperazine rings is 1. The monoisotopic (exact) mass is 339 g/mol. The number of nitrogens with one attached hydrogen (secondary N) is 1. The van der Waals surface area contributed by atoms with Gasteiger partial charge in [0.2, 0.25) is 11.8 Å². The van der Waals surface area contributed by atoms with E-state index in [1.54, 1.807) is 7.11 Å². The summed E-state index contributed by atoms with van der Waals surface area (Å²) in [6.45, 7) is 11.2. The Morgan fingerprint density at radius 3 is 2.58 bits per heavy atom. The van der Waals surface area contributed by atoms with Crippen molar-refractivity contribution in [3.8, 4) is 0 Å². The van der Waals surface area contributed by atoms with Gasteiger partial charge in [-0.2, -0.15) is 4.98 Å². The smallest absolute Gasteiger partial charge is 0.243 e. The molecule has 136 valence electrons. The van der Waals surface area contributed by atoms with Crippen molar-refractivity contribution in [2.75, 3.05) is 53.0 Å². The first-order valence-corrected chi connectivity index (χ1v) is 8.56. The molecule has 1 amide bonds. The molecule has 0 radical (unpaired) electrons. The minimum absolute atomic E-state index is 0.0482. The van der Waals surface area contributed by atoms with E-state index < -0.39 is 0 Å². The molecule has 0 aliphatic carbocycles. The molecule has 1 aromatic heterocycles. The number of hydrogen-bond donors (Lipinski definition) is 1. The number of hydrogen-bond acceptors (Lipinski definition) is 7. The standard InChI is InChI=1S/C16H29N5O3/c1-12(2)15-18-16(24-19-15)13(3)21-8-6-20(7-9-21)11-14(22)17-5-10-23-4/h12-13H,5-11H2,1-4H3,(H,17,22)/t13-/m1/s1. The number of methoxy groups -OCH3 is 1. The quantitative estimate of drug-likeness (QED) is 0.696. The predicted octanol–water partition coefficient (Wildman–Crippen LogP) is 0.634. The number of nitrogens with zero attached hydrogens (tertiary/aromatic N) is 4. The molecule has 8 heteroatoms. The third kappa shape index (κ3) is 5.25. The van der Waals surface area contributed by atoms with Gasteiger partial charge in [-0.3, -0.25) is 14.6 Å². The zero-order chi connectivity index (χ0) is 17.5. The molecule has 1 aromatic rings. The van der Waals surface area contributed by atoms with Crippen molar-refractivity contribution >= 4 is 5.91 Å². The van der Waals surface area contributed by atoms with Crippen molar-refractivity contribution in [3.63, 3.8) is 0 Å². The van der Waals surface area contributed by atoms with Gasteiger partial charge >= 0.3 is 0 Å². The fourth-order valence-electron chi connectivity index (χ4n) is 2.67. The summed E-state index contributed by atoms with van der Waals surface area (Å²) >= 11 is 0. The summed E-state index contributed by atoms with van der Waals surface area (Å²) in [5, 5.41) is 6.89. The van der Waals surface area contributed by atoms with Crippen molar-refractivity contribution < 1.29 is 14.1 Å². The lowest BCUT2D eigenvalue weighted by atomic mass is 10.2. The fourth-order valence-corrected chi connectivity index (χ4v) is 2.67. The molecule has 0 bridgehead atoms. The number of carbonyl (C=O) groups is 1. The lowest BCUT2D eigenvalue weighted by Gasteiger charge is -2.36. The van der Waals surface area contributed by atoms with E-state index in [2.05, 4.69) is 46.0 Å². The van der Waals surface area contributed by atoms with Crippen LogP contribution < -0.4 is 5.32 Å². The van der Waals surface area contributed by atoms with Gasteiger partial charge < -0.3 is 14.6 Å². The highest BCUT2D eigenvalue weighted by atomic mass is 16.5. The molecular formula is C16H29N5O3. The summed E-state index contributed by atoms with van der Waals surface area (Å²) in [7, 11) is 1.63. The largest absolute Gasteiger partial charge is 0.383 e. The molecule has 0 spiro atoms. The second kappa shape index (κ2) is 9.10. The van der Waals surface area contributed by atoms with Gasteiger partial charge in [-0.15, -0.1) is 0 Å². The topological polar surface area (TPSA) is 83.7 Å². The first-order chi connectivity index (χ1) is 11.5. The molecule has 0 aromatic carbocycles. The summed E-state index contributed by atoms with van der Waals surface area (Å²) in [5.41, 5.74) is 0. The third-order valence-corrected chi connectivity index (χ3v) is 4.28. The van der Waals surface area contributed by atoms with Crippen molar-refractivity contribution in [3.05, 3.63) is 11.7 Å². The molecule has 0 unspecified atom stereocenters. The fraction of sp³-hybridized carbons (Fsp3) is 0.812. The normalized spacial score (nSPS) is 18.0. The zero-order valence-electron chi connectivity index (χ0n) is 15.1. The van der Waals surface area contributed by atoms with E-state index in [1.807, 2.05) is 0 Å². The van der Waals surface area contributed by atoms with Crippen LogP contribution >= 0.6 is 0 Å². The SMILES string of the molecule is COCCNC(=O)CN1CCN([C@H](C)c2nc(C(C)C)no2)CC1. The van der Waals surface area contributed by atoms with Crippen LogP contribution in [0.1, 0.15) is 44.4 Å². The van der Waals surface area contributed by atoms with Gasteiger partial charge in [-0.05, 0) is 6.92 Å². The van der Waals surface area contributed by atoms with Crippen molar-refractivity contribution in [2.24, 2.45) is 0 Å². The van der Waals surface area contributed by atoms with E-state index in [-0.39, 0.29) is 17.9 Å². The molecular weight excluding hydrogens is 310 g/mol. The molecule has 1 aliphatic rings. The van der Waals surface area contributed by atoms with Crippen LogP contribution in [0.5, 0.6) is 0 Å². The molecule has 24 heavy (non-hydrogen) atoms. The van der Waals surface area contributed by atoms with E-state index in [0.29, 0.717) is 25.6 Å². The predicted molar refractivity (Wildman–Crippen MR) is 89.7 cm³/mol. The summed E-state index contributed by atoms with van der Waals surface area (Å²) in [5.74, 6) is 1.74. The van der Waals surface area contributed by atoms with Crippen LogP contribution in [-0.2, 0) is 9.53 Å². The van der Waals surface area contributed by atoms with Crippen LogP contribution in [0.4, 0.5) is 0 Å². The van der Waals surface area contributed by atoms with Crippen LogP contribution in [0.25, 0.3) is 0 Å².